The zero-order valence-corrected chi connectivity index (χ0v) is 35.8. The molecule has 3 nitrogen and oxygen atoms in total. The van der Waals surface area contributed by atoms with E-state index in [0.717, 1.165) is 56.4 Å². The SMILES string of the molecule is CC(C)(C)Cc1ccnc(-c2[c-]ccc3c2oc2cc(-c4ccccc4)ccc23)c1.Cc1cc(-c2[c-]cc(C(C)C)cc2)nc[c]1[Ge]([CH3])([CH3])[CH3].[Ir]. The zero-order valence-electron chi connectivity index (χ0n) is 31.3. The molecular formula is C46H48GeIrN2O-2. The fraction of sp³-hybridized carbons (Fsp3) is 0.261. The Hall–Kier alpha value is -3.83. The number of benzene rings is 4. The predicted octanol–water partition coefficient (Wildman–Crippen LogP) is 12.2. The van der Waals surface area contributed by atoms with Crippen LogP contribution >= 0.6 is 0 Å². The first-order valence-electron chi connectivity index (χ1n) is 17.6. The number of fused-ring (bicyclic) bond motifs is 3. The summed E-state index contributed by atoms with van der Waals surface area (Å²) in [6.07, 6.45) is 4.98. The molecule has 3 heterocycles. The van der Waals surface area contributed by atoms with Crippen molar-refractivity contribution in [3.63, 3.8) is 0 Å². The van der Waals surface area contributed by atoms with Gasteiger partial charge in [-0.3, -0.25) is 0 Å². The molecule has 0 fully saturated rings. The van der Waals surface area contributed by atoms with Crippen molar-refractivity contribution in [2.45, 2.75) is 71.1 Å². The summed E-state index contributed by atoms with van der Waals surface area (Å²) < 4.78 is 7.86. The van der Waals surface area contributed by atoms with E-state index in [1.54, 1.807) is 0 Å². The maximum absolute atomic E-state index is 6.37. The molecule has 0 saturated heterocycles. The van der Waals surface area contributed by atoms with Gasteiger partial charge in [0.15, 0.2) is 0 Å². The van der Waals surface area contributed by atoms with Crippen LogP contribution in [0, 0.1) is 24.5 Å². The monoisotopic (exact) mass is 911 g/mol. The third kappa shape index (κ3) is 9.16. The normalized spacial score (nSPS) is 11.7. The molecule has 0 atom stereocenters. The standard InChI is InChI=1S/C28H24NO.C18H24GeN.Ir/c1-28(2,3)18-19-14-15-29-25(16-19)24-11-7-10-23-22-13-12-21(17-26(22)30-27(23)24)20-8-5-4-6-9-20;1-13(2)15-7-9-16(10-8-15)18-11-14(3)17(12-20-18)19(4,5)6;/h4-10,12-17H,18H2,1-3H3;7-9,11-13H,1-6H3;/q2*-1;. The number of furan rings is 1. The molecule has 0 aliphatic heterocycles. The van der Waals surface area contributed by atoms with E-state index in [9.17, 15) is 0 Å². The molecule has 0 spiro atoms. The van der Waals surface area contributed by atoms with Gasteiger partial charge < -0.3 is 9.40 Å². The third-order valence-electron chi connectivity index (χ3n) is 9.05. The smallest absolute Gasteiger partial charge is 0 e. The number of aromatic nitrogens is 2. The van der Waals surface area contributed by atoms with Crippen molar-refractivity contribution in [2.24, 2.45) is 5.41 Å². The molecular weight excluding hydrogens is 861 g/mol. The van der Waals surface area contributed by atoms with Crippen LogP contribution in [0.5, 0.6) is 0 Å². The Morgan fingerprint density at radius 3 is 2.20 bits per heavy atom. The zero-order chi connectivity index (χ0) is 35.6. The first-order chi connectivity index (χ1) is 23.8. The van der Waals surface area contributed by atoms with Gasteiger partial charge in [-0.2, -0.15) is 0 Å². The van der Waals surface area contributed by atoms with Crippen LogP contribution in [0.1, 0.15) is 57.2 Å². The summed E-state index contributed by atoms with van der Waals surface area (Å²) in [4.78, 5) is 9.30. The molecule has 5 heteroatoms. The van der Waals surface area contributed by atoms with Crippen LogP contribution in [0.4, 0.5) is 0 Å². The van der Waals surface area contributed by atoms with E-state index < -0.39 is 13.3 Å². The van der Waals surface area contributed by atoms with Gasteiger partial charge in [-0.25, -0.2) is 0 Å². The van der Waals surface area contributed by atoms with Crippen LogP contribution < -0.4 is 4.40 Å². The van der Waals surface area contributed by atoms with Gasteiger partial charge in [0.1, 0.15) is 5.58 Å². The second-order valence-electron chi connectivity index (χ2n) is 15.9. The fourth-order valence-corrected chi connectivity index (χ4v) is 10.1. The first-order valence-corrected chi connectivity index (χ1v) is 25.0. The molecule has 0 N–H and O–H groups in total. The van der Waals surface area contributed by atoms with Crippen molar-refractivity contribution in [2.75, 3.05) is 0 Å². The van der Waals surface area contributed by atoms with Gasteiger partial charge in [-0.1, -0.05) is 85.8 Å². The van der Waals surface area contributed by atoms with E-state index >= 15 is 0 Å². The largest absolute Gasteiger partial charge is 0 e. The number of hydrogen-bond donors (Lipinski definition) is 0. The Bertz CT molecular complexity index is 2240. The maximum Gasteiger partial charge on any atom is 0 e. The van der Waals surface area contributed by atoms with Gasteiger partial charge in [0.25, 0.3) is 0 Å². The molecule has 263 valence electrons. The minimum absolute atomic E-state index is 0. The molecule has 3 aromatic heterocycles. The van der Waals surface area contributed by atoms with Crippen molar-refractivity contribution in [1.29, 1.82) is 0 Å². The topological polar surface area (TPSA) is 38.9 Å². The first kappa shape index (κ1) is 38.4. The maximum atomic E-state index is 6.37. The van der Waals surface area contributed by atoms with E-state index in [1.807, 2.05) is 18.3 Å². The average molecular weight is 910 g/mol. The summed E-state index contributed by atoms with van der Waals surface area (Å²) in [5.41, 5.74) is 12.2. The van der Waals surface area contributed by atoms with Gasteiger partial charge in [0, 0.05) is 31.7 Å². The van der Waals surface area contributed by atoms with E-state index in [0.29, 0.717) is 5.92 Å². The number of hydrogen-bond acceptors (Lipinski definition) is 3. The van der Waals surface area contributed by atoms with Crippen molar-refractivity contribution in [3.05, 3.63) is 138 Å². The molecule has 0 amide bonds. The average Bonchev–Trinajstić information content (AvgIpc) is 3.46. The summed E-state index contributed by atoms with van der Waals surface area (Å²) >= 11 is -1.80. The predicted molar refractivity (Wildman–Crippen MR) is 215 cm³/mol. The molecule has 7 rings (SSSR count). The van der Waals surface area contributed by atoms with Crippen LogP contribution in [-0.2, 0) is 26.5 Å². The Morgan fingerprint density at radius 1 is 0.784 bits per heavy atom. The minimum atomic E-state index is -1.80. The van der Waals surface area contributed by atoms with Gasteiger partial charge in [0.2, 0.25) is 0 Å². The summed E-state index contributed by atoms with van der Waals surface area (Å²) in [5.74, 6) is 7.78. The number of rotatable bonds is 6. The van der Waals surface area contributed by atoms with Crippen LogP contribution in [-0.4, -0.2) is 23.2 Å². The van der Waals surface area contributed by atoms with Gasteiger partial charge in [0.05, 0.1) is 5.58 Å². The summed E-state index contributed by atoms with van der Waals surface area (Å²) in [5, 5.41) is 2.21. The summed E-state index contributed by atoms with van der Waals surface area (Å²) in [7, 11) is 0. The number of aryl methyl sites for hydroxylation is 1. The molecule has 51 heavy (non-hydrogen) atoms. The molecule has 0 aliphatic carbocycles. The van der Waals surface area contributed by atoms with E-state index in [-0.39, 0.29) is 25.5 Å². The van der Waals surface area contributed by atoms with E-state index in [2.05, 4.69) is 172 Å². The fourth-order valence-electron chi connectivity index (χ4n) is 6.52. The second-order valence-corrected chi connectivity index (χ2v) is 26.5. The van der Waals surface area contributed by atoms with Crippen molar-refractivity contribution >= 4 is 39.6 Å². The molecule has 0 saturated carbocycles. The second kappa shape index (κ2) is 15.8. The van der Waals surface area contributed by atoms with Gasteiger partial charge in [-0.05, 0) is 40.8 Å². The number of nitrogens with zero attached hydrogens (tertiary/aromatic N) is 2. The molecule has 0 bridgehead atoms. The van der Waals surface area contributed by atoms with Crippen molar-refractivity contribution < 1.29 is 24.5 Å². The minimum Gasteiger partial charge on any atom is 0 e. The Balaban J connectivity index is 0.000000211. The van der Waals surface area contributed by atoms with Gasteiger partial charge in [-0.15, -0.1) is 18.2 Å². The van der Waals surface area contributed by atoms with Gasteiger partial charge >= 0.3 is 126 Å². The van der Waals surface area contributed by atoms with Crippen molar-refractivity contribution in [3.8, 4) is 33.6 Å². The molecule has 1 radical (unpaired) electrons. The van der Waals surface area contributed by atoms with E-state index in [4.69, 9.17) is 4.42 Å². The van der Waals surface area contributed by atoms with Crippen LogP contribution in [0.15, 0.2) is 114 Å². The molecule has 4 aromatic carbocycles. The summed E-state index contributed by atoms with van der Waals surface area (Å²) in [6.45, 7) is 13.4. The quantitative estimate of drug-likeness (QED) is 0.123. The van der Waals surface area contributed by atoms with Crippen LogP contribution in [0.3, 0.4) is 0 Å². The Kier molecular flexibility index (Phi) is 11.9. The van der Waals surface area contributed by atoms with Crippen LogP contribution in [0.2, 0.25) is 17.3 Å². The Morgan fingerprint density at radius 2 is 1.55 bits per heavy atom. The summed E-state index contributed by atoms with van der Waals surface area (Å²) in [6, 6.07) is 40.5. The number of pyridine rings is 2. The van der Waals surface area contributed by atoms with Crippen LogP contribution in [0.25, 0.3) is 55.6 Å². The van der Waals surface area contributed by atoms with Crippen molar-refractivity contribution in [1.82, 2.24) is 9.97 Å². The molecule has 7 aromatic rings. The van der Waals surface area contributed by atoms with E-state index in [1.165, 1.54) is 26.6 Å². The molecule has 0 unspecified atom stereocenters. The third-order valence-corrected chi connectivity index (χ3v) is 13.5. The Labute approximate surface area is 320 Å². The molecule has 0 aliphatic rings.